The molecule has 128 valence electrons. The fourth-order valence-electron chi connectivity index (χ4n) is 2.75. The van der Waals surface area contributed by atoms with Crippen molar-refractivity contribution >= 4 is 28.3 Å². The van der Waals surface area contributed by atoms with E-state index in [2.05, 4.69) is 20.5 Å². The Morgan fingerprint density at radius 1 is 1.54 bits per heavy atom. The zero-order valence-electron chi connectivity index (χ0n) is 13.3. The van der Waals surface area contributed by atoms with E-state index in [0.29, 0.717) is 30.3 Å². The van der Waals surface area contributed by atoms with E-state index in [1.807, 2.05) is 0 Å². The number of carbonyl (C=O) groups excluding carboxylic acids is 2. The Bertz CT molecular complexity index is 700. The molecule has 3 heterocycles. The second-order valence-electron chi connectivity index (χ2n) is 5.47. The molecule has 0 unspecified atom stereocenters. The number of piperidine rings is 1. The number of nitrogens with one attached hydrogen (secondary N) is 2. The van der Waals surface area contributed by atoms with Crippen LogP contribution >= 0.6 is 11.3 Å². The van der Waals surface area contributed by atoms with Gasteiger partial charge in [0.15, 0.2) is 0 Å². The van der Waals surface area contributed by atoms with Crippen LogP contribution in [0.1, 0.15) is 41.9 Å². The quantitative estimate of drug-likeness (QED) is 0.826. The molecule has 0 spiro atoms. The zero-order valence-corrected chi connectivity index (χ0v) is 14.1. The molecule has 2 aromatic rings. The topological polar surface area (TPSA) is 100 Å². The molecule has 8 nitrogen and oxygen atoms in total. The molecule has 9 heteroatoms. The fraction of sp³-hybridized carbons (Fsp3) is 0.467. The first-order chi connectivity index (χ1) is 11.7. The van der Waals surface area contributed by atoms with Crippen molar-refractivity contribution in [2.24, 2.45) is 0 Å². The number of aromatic amines is 1. The van der Waals surface area contributed by atoms with Crippen molar-refractivity contribution in [1.29, 1.82) is 0 Å². The number of likely N-dealkylation sites (tertiary alicyclic amines) is 1. The van der Waals surface area contributed by atoms with E-state index >= 15 is 0 Å². The van der Waals surface area contributed by atoms with Gasteiger partial charge in [-0.15, -0.1) is 11.3 Å². The third-order valence-electron chi connectivity index (χ3n) is 3.91. The van der Waals surface area contributed by atoms with Crippen LogP contribution in [0.2, 0.25) is 0 Å². The summed E-state index contributed by atoms with van der Waals surface area (Å²) in [6.45, 7) is 3.30. The monoisotopic (exact) mass is 349 g/mol. The summed E-state index contributed by atoms with van der Waals surface area (Å²) in [5, 5.41) is 11.8. The summed E-state index contributed by atoms with van der Waals surface area (Å²) < 4.78 is 5.00. The molecule has 1 aliphatic rings. The van der Waals surface area contributed by atoms with E-state index in [9.17, 15) is 9.59 Å². The van der Waals surface area contributed by atoms with E-state index < -0.39 is 5.97 Å². The number of aromatic nitrogens is 3. The first-order valence-corrected chi connectivity index (χ1v) is 8.72. The average molecular weight is 349 g/mol. The molecule has 24 heavy (non-hydrogen) atoms. The Labute approximate surface area is 143 Å². The number of esters is 1. The van der Waals surface area contributed by atoms with Gasteiger partial charge in [0.1, 0.15) is 17.2 Å². The summed E-state index contributed by atoms with van der Waals surface area (Å²) in [7, 11) is 0. The van der Waals surface area contributed by atoms with Crippen molar-refractivity contribution in [2.75, 3.05) is 25.0 Å². The average Bonchev–Trinajstić information content (AvgIpc) is 3.27. The first kappa shape index (κ1) is 16.4. The van der Waals surface area contributed by atoms with Gasteiger partial charge in [-0.25, -0.2) is 14.6 Å². The van der Waals surface area contributed by atoms with Gasteiger partial charge in [0.25, 0.3) is 0 Å². The molecule has 0 bridgehead atoms. The largest absolute Gasteiger partial charge is 0.462 e. The molecule has 0 aliphatic carbocycles. The SMILES string of the molecule is CCOC(=O)c1ccsc1NC(=O)N1CCC[C@H](c2ncn[nH]2)C1. The third-order valence-corrected chi connectivity index (χ3v) is 4.74. The number of H-pyrrole nitrogens is 1. The molecule has 1 saturated heterocycles. The highest BCUT2D eigenvalue weighted by molar-refractivity contribution is 7.14. The van der Waals surface area contributed by atoms with Gasteiger partial charge in [-0.2, -0.15) is 5.10 Å². The van der Waals surface area contributed by atoms with Crippen LogP contribution in [0, 0.1) is 0 Å². The molecule has 2 aromatic heterocycles. The molecule has 1 fully saturated rings. The van der Waals surface area contributed by atoms with Crippen LogP contribution < -0.4 is 5.32 Å². The van der Waals surface area contributed by atoms with Gasteiger partial charge in [0.2, 0.25) is 0 Å². The van der Waals surface area contributed by atoms with Crippen molar-refractivity contribution in [3.05, 3.63) is 29.2 Å². The minimum Gasteiger partial charge on any atom is -0.462 e. The summed E-state index contributed by atoms with van der Waals surface area (Å²) >= 11 is 1.31. The number of thiophene rings is 1. The maximum Gasteiger partial charge on any atom is 0.341 e. The molecule has 2 amide bonds. The highest BCUT2D eigenvalue weighted by Crippen LogP contribution is 2.27. The van der Waals surface area contributed by atoms with Crippen LogP contribution in [-0.2, 0) is 4.74 Å². The number of nitrogens with zero attached hydrogens (tertiary/aromatic N) is 3. The van der Waals surface area contributed by atoms with Gasteiger partial charge in [0.05, 0.1) is 12.2 Å². The lowest BCUT2D eigenvalue weighted by Gasteiger charge is -2.31. The summed E-state index contributed by atoms with van der Waals surface area (Å²) in [6.07, 6.45) is 3.34. The Kier molecular flexibility index (Phi) is 5.09. The van der Waals surface area contributed by atoms with Crippen molar-refractivity contribution in [1.82, 2.24) is 20.1 Å². The van der Waals surface area contributed by atoms with Crippen LogP contribution in [0.25, 0.3) is 0 Å². The molecular weight excluding hydrogens is 330 g/mol. The van der Waals surface area contributed by atoms with Gasteiger partial charge in [-0.1, -0.05) is 0 Å². The van der Waals surface area contributed by atoms with Gasteiger partial charge in [0, 0.05) is 19.0 Å². The van der Waals surface area contributed by atoms with Crippen LogP contribution in [0.5, 0.6) is 0 Å². The zero-order chi connectivity index (χ0) is 16.9. The molecule has 0 radical (unpaired) electrons. The van der Waals surface area contributed by atoms with Crippen molar-refractivity contribution in [2.45, 2.75) is 25.7 Å². The van der Waals surface area contributed by atoms with E-state index in [0.717, 1.165) is 18.7 Å². The van der Waals surface area contributed by atoms with Gasteiger partial charge in [-0.05, 0) is 31.2 Å². The van der Waals surface area contributed by atoms with Gasteiger partial charge in [-0.3, -0.25) is 10.4 Å². The number of anilines is 1. The third kappa shape index (κ3) is 3.56. The molecule has 1 atom stereocenters. The highest BCUT2D eigenvalue weighted by atomic mass is 32.1. The van der Waals surface area contributed by atoms with E-state index in [-0.39, 0.29) is 11.9 Å². The Morgan fingerprint density at radius 3 is 3.17 bits per heavy atom. The first-order valence-electron chi connectivity index (χ1n) is 7.84. The minimum absolute atomic E-state index is 0.153. The van der Waals surface area contributed by atoms with Crippen LogP contribution in [0.15, 0.2) is 17.8 Å². The standard InChI is InChI=1S/C15H19N5O3S/c1-2-23-14(21)11-5-7-24-13(11)18-15(22)20-6-3-4-10(8-20)12-16-9-17-19-12/h5,7,9-10H,2-4,6,8H2,1H3,(H,18,22)(H,16,17,19)/t10-/m0/s1. The number of carbonyl (C=O) groups is 2. The van der Waals surface area contributed by atoms with Crippen molar-refractivity contribution in [3.8, 4) is 0 Å². The Hall–Kier alpha value is -2.42. The summed E-state index contributed by atoms with van der Waals surface area (Å²) in [5.74, 6) is 0.530. The number of rotatable bonds is 4. The number of hydrogen-bond acceptors (Lipinski definition) is 6. The fourth-order valence-corrected chi connectivity index (χ4v) is 3.51. The molecule has 1 aliphatic heterocycles. The summed E-state index contributed by atoms with van der Waals surface area (Å²) in [5.41, 5.74) is 0.388. The highest BCUT2D eigenvalue weighted by Gasteiger charge is 2.27. The lowest BCUT2D eigenvalue weighted by atomic mass is 9.98. The smallest absolute Gasteiger partial charge is 0.341 e. The van der Waals surface area contributed by atoms with Gasteiger partial charge < -0.3 is 9.64 Å². The summed E-state index contributed by atoms with van der Waals surface area (Å²) in [6, 6.07) is 1.44. The van der Waals surface area contributed by atoms with Crippen LogP contribution in [0.3, 0.4) is 0 Å². The molecular formula is C15H19N5O3S. The normalized spacial score (nSPS) is 17.5. The molecule has 3 rings (SSSR count). The van der Waals surface area contributed by atoms with Crippen LogP contribution in [-0.4, -0.2) is 51.8 Å². The van der Waals surface area contributed by atoms with Crippen molar-refractivity contribution < 1.29 is 14.3 Å². The maximum atomic E-state index is 12.5. The summed E-state index contributed by atoms with van der Waals surface area (Å²) in [4.78, 5) is 30.4. The lowest BCUT2D eigenvalue weighted by Crippen LogP contribution is -2.41. The number of urea groups is 1. The molecule has 2 N–H and O–H groups in total. The van der Waals surface area contributed by atoms with Crippen LogP contribution in [0.4, 0.5) is 9.80 Å². The predicted molar refractivity (Wildman–Crippen MR) is 89.2 cm³/mol. The maximum absolute atomic E-state index is 12.5. The van der Waals surface area contributed by atoms with E-state index in [1.165, 1.54) is 17.7 Å². The number of ether oxygens (including phenoxy) is 1. The van der Waals surface area contributed by atoms with E-state index in [4.69, 9.17) is 4.74 Å². The number of hydrogen-bond donors (Lipinski definition) is 2. The lowest BCUT2D eigenvalue weighted by molar-refractivity contribution is 0.0528. The molecule has 0 saturated carbocycles. The van der Waals surface area contributed by atoms with Crippen molar-refractivity contribution in [3.63, 3.8) is 0 Å². The Balaban J connectivity index is 1.65. The second kappa shape index (κ2) is 7.43. The second-order valence-corrected chi connectivity index (χ2v) is 6.39. The van der Waals surface area contributed by atoms with E-state index in [1.54, 1.807) is 23.3 Å². The van der Waals surface area contributed by atoms with Gasteiger partial charge >= 0.3 is 12.0 Å². The Morgan fingerprint density at radius 2 is 2.42 bits per heavy atom. The minimum atomic E-state index is -0.424. The predicted octanol–water partition coefficient (Wildman–Crippen LogP) is 2.45. The number of amides is 2. The molecule has 0 aromatic carbocycles.